The molecule has 0 saturated carbocycles. The third-order valence-electron chi connectivity index (χ3n) is 3.50. The Kier molecular flexibility index (Phi) is 4.55. The Bertz CT molecular complexity index is 979. The fourth-order valence-electron chi connectivity index (χ4n) is 2.44. The first kappa shape index (κ1) is 16.5. The van der Waals surface area contributed by atoms with E-state index >= 15 is 0 Å². The number of halogens is 2. The molecule has 24 heavy (non-hydrogen) atoms. The molecule has 0 radical (unpaired) electrons. The average molecular weight is 362 g/mol. The summed E-state index contributed by atoms with van der Waals surface area (Å²) >= 11 is 11.8. The Hall–Kier alpha value is -2.37. The number of carbonyl (C=O) groups is 1. The number of aryl methyl sites for hydroxylation is 1. The van der Waals surface area contributed by atoms with Gasteiger partial charge in [-0.2, -0.15) is 5.10 Å². The third-order valence-corrected chi connectivity index (χ3v) is 3.93. The van der Waals surface area contributed by atoms with Crippen LogP contribution >= 0.6 is 23.2 Å². The van der Waals surface area contributed by atoms with Crippen LogP contribution in [-0.2, 0) is 6.54 Å². The molecule has 5 nitrogen and oxygen atoms in total. The van der Waals surface area contributed by atoms with Crippen molar-refractivity contribution >= 4 is 45.7 Å². The molecule has 122 valence electrons. The van der Waals surface area contributed by atoms with Crippen LogP contribution in [0, 0.1) is 0 Å². The van der Waals surface area contributed by atoms with E-state index in [1.807, 2.05) is 13.0 Å². The number of nitrogens with one attached hydrogen (secondary N) is 1. The van der Waals surface area contributed by atoms with Gasteiger partial charge in [-0.25, -0.2) is 0 Å². The van der Waals surface area contributed by atoms with Crippen LogP contribution in [0.2, 0.25) is 10.0 Å². The number of aromatic nitrogens is 2. The van der Waals surface area contributed by atoms with Crippen molar-refractivity contribution in [1.82, 2.24) is 9.78 Å². The number of hydrogen-bond donors (Lipinski definition) is 1. The van der Waals surface area contributed by atoms with Crippen molar-refractivity contribution in [3.05, 3.63) is 68.4 Å². The zero-order valence-corrected chi connectivity index (χ0v) is 14.2. The summed E-state index contributed by atoms with van der Waals surface area (Å²) in [7, 11) is 0. The van der Waals surface area contributed by atoms with Crippen LogP contribution in [0.5, 0.6) is 0 Å². The fourth-order valence-corrected chi connectivity index (χ4v) is 2.97. The number of hydrogen-bond acceptors (Lipinski definition) is 3. The molecule has 1 aromatic heterocycles. The molecular formula is C17H13Cl2N3O2. The van der Waals surface area contributed by atoms with Crippen molar-refractivity contribution in [2.75, 3.05) is 5.32 Å². The number of benzene rings is 2. The summed E-state index contributed by atoms with van der Waals surface area (Å²) in [5.74, 6) is -0.605. The van der Waals surface area contributed by atoms with Crippen LogP contribution in [-0.4, -0.2) is 15.7 Å². The molecule has 0 spiro atoms. The molecule has 0 aliphatic heterocycles. The first-order chi connectivity index (χ1) is 11.5. The van der Waals surface area contributed by atoms with E-state index in [0.29, 0.717) is 33.2 Å². The molecule has 0 aliphatic carbocycles. The summed E-state index contributed by atoms with van der Waals surface area (Å²) in [6, 6.07) is 11.7. The SMILES string of the molecule is CCn1nc(C(=O)Nc2cc(Cl)cc(Cl)c2)c(=O)c2ccccc21. The minimum Gasteiger partial charge on any atom is -0.320 e. The van der Waals surface area contributed by atoms with Crippen LogP contribution in [0.25, 0.3) is 10.9 Å². The van der Waals surface area contributed by atoms with Crippen LogP contribution in [0.15, 0.2) is 47.3 Å². The van der Waals surface area contributed by atoms with E-state index < -0.39 is 11.3 Å². The second kappa shape index (κ2) is 6.63. The molecule has 0 fully saturated rings. The standard InChI is InChI=1S/C17H13Cl2N3O2/c1-2-22-14-6-4-3-5-13(14)16(23)15(21-22)17(24)20-12-8-10(18)7-11(19)9-12/h3-9H,2H2,1H3,(H,20,24). The summed E-state index contributed by atoms with van der Waals surface area (Å²) in [6.45, 7) is 2.42. The molecule has 1 heterocycles. The Morgan fingerprint density at radius 2 is 1.83 bits per heavy atom. The maximum absolute atomic E-state index is 12.6. The molecule has 1 N–H and O–H groups in total. The summed E-state index contributed by atoms with van der Waals surface area (Å²) in [5.41, 5.74) is 0.495. The zero-order valence-electron chi connectivity index (χ0n) is 12.7. The quantitative estimate of drug-likeness (QED) is 0.767. The van der Waals surface area contributed by atoms with Gasteiger partial charge in [-0.3, -0.25) is 14.3 Å². The normalized spacial score (nSPS) is 10.8. The summed E-state index contributed by atoms with van der Waals surface area (Å²) in [4.78, 5) is 25.1. The Labute approximate surface area is 147 Å². The molecule has 2 aromatic carbocycles. The van der Waals surface area contributed by atoms with Gasteiger partial charge in [-0.1, -0.05) is 35.3 Å². The zero-order chi connectivity index (χ0) is 17.3. The number of fused-ring (bicyclic) bond motifs is 1. The van der Waals surface area contributed by atoms with E-state index in [1.165, 1.54) is 0 Å². The monoisotopic (exact) mass is 361 g/mol. The van der Waals surface area contributed by atoms with Gasteiger partial charge in [-0.05, 0) is 37.3 Å². The van der Waals surface area contributed by atoms with E-state index in [-0.39, 0.29) is 5.69 Å². The van der Waals surface area contributed by atoms with Crippen molar-refractivity contribution in [1.29, 1.82) is 0 Å². The van der Waals surface area contributed by atoms with Crippen LogP contribution in [0.4, 0.5) is 5.69 Å². The van der Waals surface area contributed by atoms with Gasteiger partial charge in [0.25, 0.3) is 5.91 Å². The minimum absolute atomic E-state index is 0.174. The number of carbonyl (C=O) groups excluding carboxylic acids is 1. The Morgan fingerprint density at radius 1 is 1.17 bits per heavy atom. The highest BCUT2D eigenvalue weighted by Gasteiger charge is 2.17. The van der Waals surface area contributed by atoms with Gasteiger partial charge in [0.05, 0.1) is 5.52 Å². The lowest BCUT2D eigenvalue weighted by Crippen LogP contribution is -2.27. The van der Waals surface area contributed by atoms with Crippen molar-refractivity contribution in [3.63, 3.8) is 0 Å². The highest BCUT2D eigenvalue weighted by molar-refractivity contribution is 6.35. The maximum atomic E-state index is 12.6. The molecule has 0 saturated heterocycles. The second-order valence-corrected chi connectivity index (χ2v) is 6.00. The smallest absolute Gasteiger partial charge is 0.280 e. The molecule has 0 unspecified atom stereocenters. The van der Waals surface area contributed by atoms with Crippen LogP contribution in [0.3, 0.4) is 0 Å². The van der Waals surface area contributed by atoms with Crippen molar-refractivity contribution in [2.45, 2.75) is 13.5 Å². The first-order valence-corrected chi connectivity index (χ1v) is 8.02. The van der Waals surface area contributed by atoms with Crippen LogP contribution in [0.1, 0.15) is 17.4 Å². The number of amides is 1. The van der Waals surface area contributed by atoms with Crippen molar-refractivity contribution in [3.8, 4) is 0 Å². The van der Waals surface area contributed by atoms with Crippen LogP contribution < -0.4 is 10.7 Å². The lowest BCUT2D eigenvalue weighted by Gasteiger charge is -2.10. The van der Waals surface area contributed by atoms with Gasteiger partial charge in [0, 0.05) is 27.7 Å². The molecule has 1 amide bonds. The summed E-state index contributed by atoms with van der Waals surface area (Å²) < 4.78 is 1.62. The van der Waals surface area contributed by atoms with E-state index in [2.05, 4.69) is 10.4 Å². The van der Waals surface area contributed by atoms with E-state index in [4.69, 9.17) is 23.2 Å². The number of anilines is 1. The lowest BCUT2D eigenvalue weighted by molar-refractivity contribution is 0.101. The van der Waals surface area contributed by atoms with Crippen molar-refractivity contribution in [2.24, 2.45) is 0 Å². The molecule has 0 atom stereocenters. The largest absolute Gasteiger partial charge is 0.320 e. The van der Waals surface area contributed by atoms with Gasteiger partial charge < -0.3 is 5.32 Å². The van der Waals surface area contributed by atoms with E-state index in [9.17, 15) is 9.59 Å². The highest BCUT2D eigenvalue weighted by atomic mass is 35.5. The predicted molar refractivity (Wildman–Crippen MR) is 96.1 cm³/mol. The number of nitrogens with zero attached hydrogens (tertiary/aromatic N) is 2. The summed E-state index contributed by atoms with van der Waals surface area (Å²) in [6.07, 6.45) is 0. The lowest BCUT2D eigenvalue weighted by atomic mass is 10.2. The number of rotatable bonds is 3. The van der Waals surface area contributed by atoms with Gasteiger partial charge in [0.15, 0.2) is 5.69 Å². The fraction of sp³-hybridized carbons (Fsp3) is 0.118. The molecule has 3 aromatic rings. The molecule has 3 rings (SSSR count). The van der Waals surface area contributed by atoms with Gasteiger partial charge in [0.1, 0.15) is 0 Å². The molecule has 7 heteroatoms. The molecule has 0 aliphatic rings. The van der Waals surface area contributed by atoms with Gasteiger partial charge in [-0.15, -0.1) is 0 Å². The van der Waals surface area contributed by atoms with E-state index in [1.54, 1.807) is 41.1 Å². The maximum Gasteiger partial charge on any atom is 0.280 e. The summed E-state index contributed by atoms with van der Waals surface area (Å²) in [5, 5.41) is 8.02. The van der Waals surface area contributed by atoms with Gasteiger partial charge in [0.2, 0.25) is 5.43 Å². The topological polar surface area (TPSA) is 64.0 Å². The van der Waals surface area contributed by atoms with Gasteiger partial charge >= 0.3 is 0 Å². The average Bonchev–Trinajstić information content (AvgIpc) is 2.54. The first-order valence-electron chi connectivity index (χ1n) is 7.27. The Morgan fingerprint density at radius 3 is 2.50 bits per heavy atom. The van der Waals surface area contributed by atoms with Crippen molar-refractivity contribution < 1.29 is 4.79 Å². The predicted octanol–water partition coefficient (Wildman–Crippen LogP) is 3.98. The van der Waals surface area contributed by atoms with E-state index in [0.717, 1.165) is 0 Å². The molecule has 0 bridgehead atoms. The highest BCUT2D eigenvalue weighted by Crippen LogP contribution is 2.22. The Balaban J connectivity index is 2.07. The third kappa shape index (κ3) is 3.13. The molecular weight excluding hydrogens is 349 g/mol. The minimum atomic E-state index is -0.605. The second-order valence-electron chi connectivity index (χ2n) is 5.12. The number of para-hydroxylation sites is 1.